The fourth-order valence-electron chi connectivity index (χ4n) is 4.67. The molecule has 1 aromatic heterocycles. The number of aryl methyl sites for hydroxylation is 1. The van der Waals surface area contributed by atoms with Crippen molar-refractivity contribution in [2.45, 2.75) is 33.3 Å². The summed E-state index contributed by atoms with van der Waals surface area (Å²) in [6.07, 6.45) is 0. The number of ether oxygens (including phenoxy) is 1. The van der Waals surface area contributed by atoms with Crippen LogP contribution >= 0.6 is 0 Å². The molecule has 3 aromatic carbocycles. The van der Waals surface area contributed by atoms with E-state index in [4.69, 9.17) is 9.15 Å². The fraction of sp³-hybridized carbons (Fsp3) is 0.172. The van der Waals surface area contributed by atoms with E-state index in [1.807, 2.05) is 19.1 Å². The van der Waals surface area contributed by atoms with Gasteiger partial charge in [-0.1, -0.05) is 50.2 Å². The molecule has 35 heavy (non-hydrogen) atoms. The zero-order valence-electron chi connectivity index (χ0n) is 19.5. The third kappa shape index (κ3) is 3.77. The van der Waals surface area contributed by atoms with Crippen molar-refractivity contribution in [2.24, 2.45) is 0 Å². The predicted octanol–water partition coefficient (Wildman–Crippen LogP) is 5.36. The van der Waals surface area contributed by atoms with Crippen LogP contribution in [0.15, 0.2) is 69.9 Å². The van der Waals surface area contributed by atoms with Crippen molar-refractivity contribution in [3.8, 4) is 0 Å². The maximum absolute atomic E-state index is 13.2. The van der Waals surface area contributed by atoms with Crippen LogP contribution < -0.4 is 5.63 Å². The number of carbonyl (C=O) groups is 3. The molecule has 0 radical (unpaired) electrons. The van der Waals surface area contributed by atoms with Gasteiger partial charge >= 0.3 is 11.6 Å². The zero-order chi connectivity index (χ0) is 24.9. The zero-order valence-corrected chi connectivity index (χ0v) is 19.5. The second-order valence-corrected chi connectivity index (χ2v) is 8.96. The minimum Gasteiger partial charge on any atom is -0.457 e. The molecule has 4 aromatic rings. The minimum absolute atomic E-state index is 0.0151. The standard InChI is InChI=1S/C29H22O6/c1-15(2)22-13-23-17(12-25(30)35-24(23)11-16(22)3)14-34-29(33)21-10-6-9-20-26(21)28(32)19-8-5-4-7-18(19)27(20)31/h4-13,15H,14H2,1-3H3. The molecule has 0 bridgehead atoms. The summed E-state index contributed by atoms with van der Waals surface area (Å²) in [5.74, 6) is -1.21. The first kappa shape index (κ1) is 22.5. The van der Waals surface area contributed by atoms with Crippen LogP contribution in [0.3, 0.4) is 0 Å². The van der Waals surface area contributed by atoms with Crippen molar-refractivity contribution >= 4 is 28.5 Å². The number of hydrogen-bond donors (Lipinski definition) is 0. The Labute approximate surface area is 201 Å². The van der Waals surface area contributed by atoms with Crippen LogP contribution in [0.5, 0.6) is 0 Å². The van der Waals surface area contributed by atoms with Gasteiger partial charge in [0.2, 0.25) is 0 Å². The number of rotatable bonds is 4. The van der Waals surface area contributed by atoms with Crippen molar-refractivity contribution in [1.29, 1.82) is 0 Å². The summed E-state index contributed by atoms with van der Waals surface area (Å²) >= 11 is 0. The Bertz CT molecular complexity index is 1610. The molecule has 1 aliphatic carbocycles. The third-order valence-electron chi connectivity index (χ3n) is 6.37. The van der Waals surface area contributed by atoms with Gasteiger partial charge in [-0.25, -0.2) is 9.59 Å². The van der Waals surface area contributed by atoms with Gasteiger partial charge in [-0.3, -0.25) is 9.59 Å². The van der Waals surface area contributed by atoms with Crippen molar-refractivity contribution in [3.63, 3.8) is 0 Å². The number of esters is 1. The van der Waals surface area contributed by atoms with E-state index in [0.717, 1.165) is 11.1 Å². The summed E-state index contributed by atoms with van der Waals surface area (Å²) in [5.41, 5.74) is 3.27. The number of ketones is 2. The molecular formula is C29H22O6. The van der Waals surface area contributed by atoms with Crippen LogP contribution in [-0.4, -0.2) is 17.5 Å². The third-order valence-corrected chi connectivity index (χ3v) is 6.37. The molecule has 0 atom stereocenters. The lowest BCUT2D eigenvalue weighted by molar-refractivity contribution is 0.0471. The molecule has 0 spiro atoms. The van der Waals surface area contributed by atoms with Crippen molar-refractivity contribution < 1.29 is 23.5 Å². The van der Waals surface area contributed by atoms with Crippen molar-refractivity contribution in [2.75, 3.05) is 0 Å². The summed E-state index contributed by atoms with van der Waals surface area (Å²) in [7, 11) is 0. The van der Waals surface area contributed by atoms with Crippen molar-refractivity contribution in [3.05, 3.63) is 116 Å². The molecule has 174 valence electrons. The van der Waals surface area contributed by atoms with E-state index in [-0.39, 0.29) is 40.6 Å². The lowest BCUT2D eigenvalue weighted by atomic mass is 9.82. The van der Waals surface area contributed by atoms with Gasteiger partial charge in [0.15, 0.2) is 11.6 Å². The van der Waals surface area contributed by atoms with Gasteiger partial charge < -0.3 is 9.15 Å². The average molecular weight is 466 g/mol. The molecule has 0 N–H and O–H groups in total. The molecule has 0 aliphatic heterocycles. The van der Waals surface area contributed by atoms with Crippen LogP contribution in [0.25, 0.3) is 11.0 Å². The molecule has 0 unspecified atom stereocenters. The molecule has 0 saturated heterocycles. The maximum Gasteiger partial charge on any atom is 0.339 e. The highest BCUT2D eigenvalue weighted by molar-refractivity contribution is 6.30. The predicted molar refractivity (Wildman–Crippen MR) is 130 cm³/mol. The molecule has 6 heteroatoms. The van der Waals surface area contributed by atoms with E-state index in [1.165, 1.54) is 18.2 Å². The SMILES string of the molecule is Cc1cc2oc(=O)cc(COC(=O)c3cccc4c3C(=O)c3ccccc3C4=O)c2cc1C(C)C. The van der Waals surface area contributed by atoms with Crippen LogP contribution in [0.2, 0.25) is 0 Å². The lowest BCUT2D eigenvalue weighted by Crippen LogP contribution is -2.24. The Balaban J connectivity index is 1.51. The van der Waals surface area contributed by atoms with Crippen LogP contribution in [0, 0.1) is 6.92 Å². The second kappa shape index (κ2) is 8.47. The van der Waals surface area contributed by atoms with Gasteiger partial charge in [0, 0.05) is 39.3 Å². The van der Waals surface area contributed by atoms with E-state index in [0.29, 0.717) is 22.1 Å². The van der Waals surface area contributed by atoms with Gasteiger partial charge in [0.1, 0.15) is 12.2 Å². The van der Waals surface area contributed by atoms with E-state index >= 15 is 0 Å². The van der Waals surface area contributed by atoms with E-state index in [9.17, 15) is 19.2 Å². The smallest absolute Gasteiger partial charge is 0.339 e. The quantitative estimate of drug-likeness (QED) is 0.262. The Morgan fingerprint density at radius 2 is 1.57 bits per heavy atom. The average Bonchev–Trinajstić information content (AvgIpc) is 2.84. The molecule has 0 saturated carbocycles. The van der Waals surface area contributed by atoms with E-state index < -0.39 is 17.4 Å². The second-order valence-electron chi connectivity index (χ2n) is 8.96. The number of hydrogen-bond acceptors (Lipinski definition) is 6. The topological polar surface area (TPSA) is 90.7 Å². The molecule has 5 rings (SSSR count). The van der Waals surface area contributed by atoms with Gasteiger partial charge in [0.05, 0.1) is 5.56 Å². The number of carbonyl (C=O) groups excluding carboxylic acids is 3. The molecule has 0 fully saturated rings. The Morgan fingerprint density at radius 3 is 2.29 bits per heavy atom. The maximum atomic E-state index is 13.2. The largest absolute Gasteiger partial charge is 0.457 e. The Morgan fingerprint density at radius 1 is 0.886 bits per heavy atom. The first-order valence-corrected chi connectivity index (χ1v) is 11.3. The lowest BCUT2D eigenvalue weighted by Gasteiger charge is -2.19. The highest BCUT2D eigenvalue weighted by Gasteiger charge is 2.33. The monoisotopic (exact) mass is 466 g/mol. The summed E-state index contributed by atoms with van der Waals surface area (Å²) in [5, 5.41) is 0.682. The van der Waals surface area contributed by atoms with Crippen molar-refractivity contribution in [1.82, 2.24) is 0 Å². The highest BCUT2D eigenvalue weighted by atomic mass is 16.5. The summed E-state index contributed by atoms with van der Waals surface area (Å²) in [6.45, 7) is 5.91. The Hall–Kier alpha value is -4.32. The van der Waals surface area contributed by atoms with Gasteiger partial charge in [-0.15, -0.1) is 0 Å². The first-order valence-electron chi connectivity index (χ1n) is 11.3. The minimum atomic E-state index is -0.750. The molecular weight excluding hydrogens is 444 g/mol. The highest BCUT2D eigenvalue weighted by Crippen LogP contribution is 2.31. The van der Waals surface area contributed by atoms with Gasteiger partial charge in [-0.2, -0.15) is 0 Å². The molecule has 1 aliphatic rings. The van der Waals surface area contributed by atoms with Crippen LogP contribution in [0.4, 0.5) is 0 Å². The first-order chi connectivity index (χ1) is 16.8. The number of benzene rings is 3. The molecule has 6 nitrogen and oxygen atoms in total. The Kier molecular flexibility index (Phi) is 5.44. The van der Waals surface area contributed by atoms with E-state index in [1.54, 1.807) is 30.3 Å². The summed E-state index contributed by atoms with van der Waals surface area (Å²) in [4.78, 5) is 51.4. The fourth-order valence-corrected chi connectivity index (χ4v) is 4.67. The van der Waals surface area contributed by atoms with Gasteiger partial charge in [-0.05, 0) is 42.2 Å². The van der Waals surface area contributed by atoms with Gasteiger partial charge in [0.25, 0.3) is 0 Å². The molecule has 0 amide bonds. The van der Waals surface area contributed by atoms with Crippen LogP contribution in [0.1, 0.15) is 78.7 Å². The molecule has 1 heterocycles. The van der Waals surface area contributed by atoms with E-state index in [2.05, 4.69) is 13.8 Å². The summed E-state index contributed by atoms with van der Waals surface area (Å²) < 4.78 is 10.9. The van der Waals surface area contributed by atoms with Crippen LogP contribution in [-0.2, 0) is 11.3 Å². The normalized spacial score (nSPS) is 12.6. The summed E-state index contributed by atoms with van der Waals surface area (Å²) in [6, 6.07) is 16.2. The number of fused-ring (bicyclic) bond motifs is 3.